The Morgan fingerprint density at radius 3 is 2.60 bits per heavy atom. The van der Waals surface area contributed by atoms with E-state index in [9.17, 15) is 4.39 Å². The third-order valence-electron chi connectivity index (χ3n) is 2.38. The van der Waals surface area contributed by atoms with Crippen molar-refractivity contribution in [3.05, 3.63) is 35.6 Å². The van der Waals surface area contributed by atoms with Crippen LogP contribution in [0.15, 0.2) is 24.3 Å². The van der Waals surface area contributed by atoms with Gasteiger partial charge in [-0.15, -0.1) is 0 Å². The molecule has 0 aromatic heterocycles. The van der Waals surface area contributed by atoms with Crippen molar-refractivity contribution in [2.75, 3.05) is 6.54 Å². The second-order valence-corrected chi connectivity index (χ2v) is 3.84. The summed E-state index contributed by atoms with van der Waals surface area (Å²) in [6.07, 6.45) is 0.365. The Balaban J connectivity index is 2.47. The van der Waals surface area contributed by atoms with E-state index in [1.54, 1.807) is 19.1 Å². The summed E-state index contributed by atoms with van der Waals surface area (Å²) in [6, 6.07) is 6.72. The zero-order chi connectivity index (χ0) is 11.3. The number of aliphatic hydroxyl groups excluding tert-OH is 1. The monoisotopic (exact) mass is 211 g/mol. The van der Waals surface area contributed by atoms with Gasteiger partial charge in [0, 0.05) is 11.6 Å². The highest BCUT2D eigenvalue weighted by molar-refractivity contribution is 5.20. The topological polar surface area (TPSA) is 32.3 Å². The van der Waals surface area contributed by atoms with Crippen molar-refractivity contribution in [3.8, 4) is 0 Å². The molecule has 84 valence electrons. The summed E-state index contributed by atoms with van der Waals surface area (Å²) < 4.78 is 13.3. The molecule has 1 aromatic rings. The van der Waals surface area contributed by atoms with Crippen LogP contribution in [0.1, 0.15) is 31.9 Å². The lowest BCUT2D eigenvalue weighted by molar-refractivity contribution is 0.182. The highest BCUT2D eigenvalue weighted by Crippen LogP contribution is 2.15. The van der Waals surface area contributed by atoms with Gasteiger partial charge in [0.2, 0.25) is 0 Å². The lowest BCUT2D eigenvalue weighted by Crippen LogP contribution is -2.23. The molecule has 2 nitrogen and oxygen atoms in total. The minimum Gasteiger partial charge on any atom is -0.393 e. The average Bonchev–Trinajstić information content (AvgIpc) is 2.17. The molecule has 0 aliphatic rings. The van der Waals surface area contributed by atoms with Gasteiger partial charge in [-0.2, -0.15) is 0 Å². The van der Waals surface area contributed by atoms with E-state index in [1.807, 2.05) is 13.0 Å². The van der Waals surface area contributed by atoms with Crippen LogP contribution < -0.4 is 5.32 Å². The molecule has 1 rings (SSSR count). The summed E-state index contributed by atoms with van der Waals surface area (Å²) in [5.74, 6) is -0.186. The average molecular weight is 211 g/mol. The van der Waals surface area contributed by atoms with Crippen LogP contribution in [0.4, 0.5) is 4.39 Å². The third-order valence-corrected chi connectivity index (χ3v) is 2.38. The van der Waals surface area contributed by atoms with Gasteiger partial charge >= 0.3 is 0 Å². The molecular formula is C12H18FNO. The minimum absolute atomic E-state index is 0.0232. The summed E-state index contributed by atoms with van der Waals surface area (Å²) in [4.78, 5) is 0. The van der Waals surface area contributed by atoms with E-state index in [0.717, 1.165) is 0 Å². The lowest BCUT2D eigenvalue weighted by atomic mass is 10.1. The van der Waals surface area contributed by atoms with Gasteiger partial charge < -0.3 is 10.4 Å². The smallest absolute Gasteiger partial charge is 0.127 e. The highest BCUT2D eigenvalue weighted by atomic mass is 19.1. The van der Waals surface area contributed by atoms with Crippen molar-refractivity contribution < 1.29 is 9.50 Å². The number of hydrogen-bond acceptors (Lipinski definition) is 2. The quantitative estimate of drug-likeness (QED) is 0.783. The van der Waals surface area contributed by atoms with E-state index in [0.29, 0.717) is 18.5 Å². The first kappa shape index (κ1) is 12.1. The molecule has 0 heterocycles. The molecule has 15 heavy (non-hydrogen) atoms. The predicted octanol–water partition coefficient (Wildman–Crippen LogP) is 2.25. The van der Waals surface area contributed by atoms with Crippen LogP contribution in [0.2, 0.25) is 0 Å². The van der Waals surface area contributed by atoms with Crippen LogP contribution in [-0.4, -0.2) is 17.8 Å². The molecule has 0 aliphatic heterocycles. The molecule has 2 unspecified atom stereocenters. The Bertz CT molecular complexity index is 301. The number of rotatable bonds is 5. The molecule has 1 aromatic carbocycles. The molecule has 0 bridgehead atoms. The van der Waals surface area contributed by atoms with Crippen molar-refractivity contribution >= 4 is 0 Å². The maximum Gasteiger partial charge on any atom is 0.127 e. The van der Waals surface area contributed by atoms with Gasteiger partial charge in [-0.3, -0.25) is 0 Å². The molecule has 0 saturated carbocycles. The second-order valence-electron chi connectivity index (χ2n) is 3.84. The Labute approximate surface area is 90.1 Å². The standard InChI is InChI=1S/C12H18FNO/c1-9(15)7-8-14-10(2)11-5-3-4-6-12(11)13/h3-6,9-10,14-15H,7-8H2,1-2H3. The SMILES string of the molecule is CC(O)CCNC(C)c1ccccc1F. The fraction of sp³-hybridized carbons (Fsp3) is 0.500. The van der Waals surface area contributed by atoms with Crippen LogP contribution >= 0.6 is 0 Å². The number of nitrogens with one attached hydrogen (secondary N) is 1. The van der Waals surface area contributed by atoms with Crippen LogP contribution in [0, 0.1) is 5.82 Å². The Morgan fingerprint density at radius 1 is 1.33 bits per heavy atom. The lowest BCUT2D eigenvalue weighted by Gasteiger charge is -2.15. The number of halogens is 1. The van der Waals surface area contributed by atoms with Gasteiger partial charge in [0.05, 0.1) is 6.10 Å². The van der Waals surface area contributed by atoms with Crippen molar-refractivity contribution in [1.82, 2.24) is 5.32 Å². The molecule has 0 radical (unpaired) electrons. The fourth-order valence-corrected chi connectivity index (χ4v) is 1.44. The molecule has 0 aliphatic carbocycles. The predicted molar refractivity (Wildman–Crippen MR) is 59.1 cm³/mol. The van der Waals surface area contributed by atoms with Gasteiger partial charge in [-0.25, -0.2) is 4.39 Å². The Kier molecular flexibility index (Phi) is 4.72. The first-order chi connectivity index (χ1) is 7.11. The highest BCUT2D eigenvalue weighted by Gasteiger charge is 2.09. The summed E-state index contributed by atoms with van der Waals surface area (Å²) >= 11 is 0. The van der Waals surface area contributed by atoms with Crippen LogP contribution in [0.3, 0.4) is 0 Å². The van der Waals surface area contributed by atoms with Crippen LogP contribution in [0.5, 0.6) is 0 Å². The zero-order valence-electron chi connectivity index (χ0n) is 9.20. The summed E-state index contributed by atoms with van der Waals surface area (Å²) in [6.45, 7) is 4.35. The second kappa shape index (κ2) is 5.83. The molecule has 0 spiro atoms. The largest absolute Gasteiger partial charge is 0.393 e. The number of hydrogen-bond donors (Lipinski definition) is 2. The Hall–Kier alpha value is -0.930. The molecule has 0 fully saturated rings. The van der Waals surface area contributed by atoms with E-state index in [2.05, 4.69) is 5.32 Å². The first-order valence-electron chi connectivity index (χ1n) is 5.27. The van der Waals surface area contributed by atoms with E-state index in [-0.39, 0.29) is 18.0 Å². The molecule has 3 heteroatoms. The minimum atomic E-state index is -0.315. The van der Waals surface area contributed by atoms with E-state index >= 15 is 0 Å². The van der Waals surface area contributed by atoms with Gasteiger partial charge in [-0.1, -0.05) is 18.2 Å². The van der Waals surface area contributed by atoms with Gasteiger partial charge in [0.1, 0.15) is 5.82 Å². The van der Waals surface area contributed by atoms with Crippen molar-refractivity contribution in [1.29, 1.82) is 0 Å². The van der Waals surface area contributed by atoms with Gasteiger partial charge in [-0.05, 0) is 32.9 Å². The maximum absolute atomic E-state index is 13.3. The van der Waals surface area contributed by atoms with Gasteiger partial charge in [0.25, 0.3) is 0 Å². The van der Waals surface area contributed by atoms with Crippen molar-refractivity contribution in [2.45, 2.75) is 32.4 Å². The number of benzene rings is 1. The maximum atomic E-state index is 13.3. The molecular weight excluding hydrogens is 193 g/mol. The van der Waals surface area contributed by atoms with Crippen LogP contribution in [0.25, 0.3) is 0 Å². The summed E-state index contributed by atoms with van der Waals surface area (Å²) in [7, 11) is 0. The Morgan fingerprint density at radius 2 is 2.00 bits per heavy atom. The fourth-order valence-electron chi connectivity index (χ4n) is 1.44. The van der Waals surface area contributed by atoms with E-state index in [1.165, 1.54) is 6.07 Å². The van der Waals surface area contributed by atoms with Crippen LogP contribution in [-0.2, 0) is 0 Å². The third kappa shape index (κ3) is 3.98. The molecule has 0 saturated heterocycles. The normalized spacial score (nSPS) is 14.9. The molecule has 2 atom stereocenters. The van der Waals surface area contributed by atoms with Crippen molar-refractivity contribution in [3.63, 3.8) is 0 Å². The van der Waals surface area contributed by atoms with E-state index in [4.69, 9.17) is 5.11 Å². The number of aliphatic hydroxyl groups is 1. The van der Waals surface area contributed by atoms with Gasteiger partial charge in [0.15, 0.2) is 0 Å². The summed E-state index contributed by atoms with van der Waals surface area (Å²) in [5.41, 5.74) is 0.670. The van der Waals surface area contributed by atoms with E-state index < -0.39 is 0 Å². The summed E-state index contributed by atoms with van der Waals surface area (Å²) in [5, 5.41) is 12.2. The molecule has 2 N–H and O–H groups in total. The zero-order valence-corrected chi connectivity index (χ0v) is 9.20. The first-order valence-corrected chi connectivity index (χ1v) is 5.27. The van der Waals surface area contributed by atoms with Crippen molar-refractivity contribution in [2.24, 2.45) is 0 Å². The molecule has 0 amide bonds.